The highest BCUT2D eigenvalue weighted by Crippen LogP contribution is 2.37. The number of hydrogen-bond donors (Lipinski definition) is 2. The van der Waals surface area contributed by atoms with E-state index in [-0.39, 0.29) is 12.0 Å². The molecule has 1 aliphatic carbocycles. The predicted octanol–water partition coefficient (Wildman–Crippen LogP) is 2.17. The first kappa shape index (κ1) is 12.0. The number of hydrogen-bond acceptors (Lipinski definition) is 2. The maximum atomic E-state index is 9.13. The van der Waals surface area contributed by atoms with Crippen molar-refractivity contribution in [2.24, 2.45) is 10.8 Å². The van der Waals surface area contributed by atoms with Crippen LogP contribution < -0.4 is 5.32 Å². The Kier molecular flexibility index (Phi) is 3.59. The van der Waals surface area contributed by atoms with Crippen LogP contribution in [-0.2, 0) is 0 Å². The van der Waals surface area contributed by atoms with Crippen LogP contribution in [0, 0.1) is 10.8 Å². The van der Waals surface area contributed by atoms with Crippen molar-refractivity contribution >= 4 is 0 Å². The molecule has 1 fully saturated rings. The van der Waals surface area contributed by atoms with Gasteiger partial charge in [-0.05, 0) is 24.7 Å². The van der Waals surface area contributed by atoms with Crippen LogP contribution in [0.3, 0.4) is 0 Å². The molecule has 84 valence electrons. The van der Waals surface area contributed by atoms with Crippen LogP contribution in [0.5, 0.6) is 0 Å². The van der Waals surface area contributed by atoms with E-state index in [1.54, 1.807) is 0 Å². The molecule has 2 nitrogen and oxygen atoms in total. The van der Waals surface area contributed by atoms with Gasteiger partial charge in [0.05, 0.1) is 0 Å². The number of aliphatic hydroxyl groups is 1. The maximum Gasteiger partial charge on any atom is 0.0494 e. The van der Waals surface area contributed by atoms with Crippen LogP contribution in [0.2, 0.25) is 0 Å². The van der Waals surface area contributed by atoms with Gasteiger partial charge in [0.2, 0.25) is 0 Å². The average Bonchev–Trinajstić information content (AvgIpc) is 2.43. The molecule has 0 aliphatic heterocycles. The molecule has 0 saturated heterocycles. The van der Waals surface area contributed by atoms with Gasteiger partial charge in [-0.15, -0.1) is 0 Å². The third-order valence-electron chi connectivity index (χ3n) is 3.27. The highest BCUT2D eigenvalue weighted by Gasteiger charge is 2.31. The van der Waals surface area contributed by atoms with Crippen LogP contribution in [0.4, 0.5) is 0 Å². The molecule has 0 spiro atoms. The van der Waals surface area contributed by atoms with Crippen molar-refractivity contribution < 1.29 is 5.11 Å². The Morgan fingerprint density at radius 1 is 1.43 bits per heavy atom. The molecule has 0 aromatic heterocycles. The van der Waals surface area contributed by atoms with Crippen LogP contribution >= 0.6 is 0 Å². The van der Waals surface area contributed by atoms with Crippen LogP contribution in [-0.4, -0.2) is 24.3 Å². The molecule has 0 aromatic rings. The van der Waals surface area contributed by atoms with Gasteiger partial charge in [-0.25, -0.2) is 0 Å². The molecule has 0 amide bonds. The van der Waals surface area contributed by atoms with E-state index in [2.05, 4.69) is 33.0 Å². The molecule has 1 atom stereocenters. The number of nitrogens with one attached hydrogen (secondary N) is 1. The van der Waals surface area contributed by atoms with E-state index in [0.29, 0.717) is 11.5 Å². The molecular formula is C12H25NO. The summed E-state index contributed by atoms with van der Waals surface area (Å²) in [7, 11) is 0. The van der Waals surface area contributed by atoms with Gasteiger partial charge >= 0.3 is 0 Å². The van der Waals surface area contributed by atoms with Gasteiger partial charge in [0.1, 0.15) is 0 Å². The van der Waals surface area contributed by atoms with Crippen molar-refractivity contribution in [1.29, 1.82) is 0 Å². The largest absolute Gasteiger partial charge is 0.396 e. The summed E-state index contributed by atoms with van der Waals surface area (Å²) in [6, 6.07) is 0.663. The maximum absolute atomic E-state index is 9.13. The minimum atomic E-state index is 0.0206. The summed E-state index contributed by atoms with van der Waals surface area (Å²) in [5, 5.41) is 12.7. The fraction of sp³-hybridized carbons (Fsp3) is 1.00. The van der Waals surface area contributed by atoms with Gasteiger partial charge < -0.3 is 10.4 Å². The minimum absolute atomic E-state index is 0.0206. The molecule has 2 heteroatoms. The zero-order valence-corrected chi connectivity index (χ0v) is 10.1. The average molecular weight is 199 g/mol. The van der Waals surface area contributed by atoms with Crippen molar-refractivity contribution in [3.05, 3.63) is 0 Å². The van der Waals surface area contributed by atoms with E-state index < -0.39 is 0 Å². The van der Waals surface area contributed by atoms with Crippen molar-refractivity contribution in [2.45, 2.75) is 53.0 Å². The van der Waals surface area contributed by atoms with Crippen LogP contribution in [0.1, 0.15) is 47.0 Å². The van der Waals surface area contributed by atoms with E-state index >= 15 is 0 Å². The third-order valence-corrected chi connectivity index (χ3v) is 3.27. The van der Waals surface area contributed by atoms with Crippen molar-refractivity contribution in [1.82, 2.24) is 5.32 Å². The first-order valence-corrected chi connectivity index (χ1v) is 5.69. The van der Waals surface area contributed by atoms with E-state index in [9.17, 15) is 0 Å². The second-order valence-electron chi connectivity index (χ2n) is 6.31. The molecular weight excluding hydrogens is 174 g/mol. The lowest BCUT2D eigenvalue weighted by Crippen LogP contribution is -2.37. The lowest BCUT2D eigenvalue weighted by atomic mass is 9.91. The molecule has 2 N–H and O–H groups in total. The lowest BCUT2D eigenvalue weighted by Gasteiger charge is -2.25. The van der Waals surface area contributed by atoms with Crippen molar-refractivity contribution in [3.8, 4) is 0 Å². The van der Waals surface area contributed by atoms with Crippen LogP contribution in [0.25, 0.3) is 0 Å². The van der Waals surface area contributed by atoms with E-state index in [1.165, 1.54) is 19.3 Å². The van der Waals surface area contributed by atoms with E-state index in [4.69, 9.17) is 5.11 Å². The highest BCUT2D eigenvalue weighted by atomic mass is 16.3. The lowest BCUT2D eigenvalue weighted by molar-refractivity contribution is 0.152. The van der Waals surface area contributed by atoms with E-state index in [1.807, 2.05) is 0 Å². The Bertz CT molecular complexity index is 187. The van der Waals surface area contributed by atoms with Gasteiger partial charge in [-0.2, -0.15) is 0 Å². The first-order valence-electron chi connectivity index (χ1n) is 5.69. The van der Waals surface area contributed by atoms with Crippen molar-refractivity contribution in [3.63, 3.8) is 0 Å². The summed E-state index contributed by atoms with van der Waals surface area (Å²) in [6.45, 7) is 10.1. The molecule has 1 unspecified atom stereocenters. The van der Waals surface area contributed by atoms with E-state index in [0.717, 1.165) is 6.54 Å². The Hall–Kier alpha value is -0.0800. The second-order valence-corrected chi connectivity index (χ2v) is 6.31. The first-order chi connectivity index (χ1) is 6.35. The number of aliphatic hydroxyl groups excluding tert-OH is 1. The van der Waals surface area contributed by atoms with Gasteiger partial charge in [0, 0.05) is 24.6 Å². The normalized spacial score (nSPS) is 26.8. The van der Waals surface area contributed by atoms with Gasteiger partial charge in [0.15, 0.2) is 0 Å². The fourth-order valence-corrected chi connectivity index (χ4v) is 2.09. The molecule has 0 aromatic carbocycles. The van der Waals surface area contributed by atoms with Gasteiger partial charge in [0.25, 0.3) is 0 Å². The molecule has 0 heterocycles. The SMILES string of the molecule is CC(C)(CO)CNC1CCC(C)(C)C1. The summed E-state index contributed by atoms with van der Waals surface area (Å²) in [6.07, 6.45) is 3.88. The second kappa shape index (κ2) is 4.19. The summed E-state index contributed by atoms with van der Waals surface area (Å²) in [4.78, 5) is 0. The Morgan fingerprint density at radius 2 is 2.07 bits per heavy atom. The molecule has 14 heavy (non-hydrogen) atoms. The standard InChI is InChI=1S/C12H25NO/c1-11(2)6-5-10(7-11)13-8-12(3,4)9-14/h10,13-14H,5-9H2,1-4H3. The summed E-state index contributed by atoms with van der Waals surface area (Å²) < 4.78 is 0. The topological polar surface area (TPSA) is 32.3 Å². The third kappa shape index (κ3) is 3.58. The molecule has 1 aliphatic rings. The van der Waals surface area contributed by atoms with Gasteiger partial charge in [-0.3, -0.25) is 0 Å². The summed E-state index contributed by atoms with van der Waals surface area (Å²) in [5.74, 6) is 0. The zero-order chi connectivity index (χ0) is 10.8. The molecule has 1 saturated carbocycles. The Morgan fingerprint density at radius 3 is 2.50 bits per heavy atom. The fourth-order valence-electron chi connectivity index (χ4n) is 2.09. The highest BCUT2D eigenvalue weighted by molar-refractivity contribution is 4.87. The van der Waals surface area contributed by atoms with Gasteiger partial charge in [-0.1, -0.05) is 27.7 Å². The Labute approximate surface area is 88.1 Å². The Balaban J connectivity index is 2.27. The summed E-state index contributed by atoms with van der Waals surface area (Å²) >= 11 is 0. The summed E-state index contributed by atoms with van der Waals surface area (Å²) in [5.41, 5.74) is 0.535. The zero-order valence-electron chi connectivity index (χ0n) is 10.1. The smallest absolute Gasteiger partial charge is 0.0494 e. The number of rotatable bonds is 4. The quantitative estimate of drug-likeness (QED) is 0.727. The monoisotopic (exact) mass is 199 g/mol. The van der Waals surface area contributed by atoms with Crippen LogP contribution in [0.15, 0.2) is 0 Å². The minimum Gasteiger partial charge on any atom is -0.396 e. The van der Waals surface area contributed by atoms with Crippen molar-refractivity contribution in [2.75, 3.05) is 13.2 Å². The predicted molar refractivity (Wildman–Crippen MR) is 60.3 cm³/mol. The molecule has 0 bridgehead atoms. The molecule has 1 rings (SSSR count). The molecule has 0 radical (unpaired) electrons.